The number of amides is 3. The lowest BCUT2D eigenvalue weighted by molar-refractivity contribution is -0.142. The molecule has 0 saturated heterocycles. The summed E-state index contributed by atoms with van der Waals surface area (Å²) in [5.74, 6) is -4.97. The number of unbranched alkanes of at least 4 members (excludes halogenated alkanes) is 1. The summed E-state index contributed by atoms with van der Waals surface area (Å²) in [5, 5.41) is 25.6. The van der Waals surface area contributed by atoms with E-state index in [4.69, 9.17) is 16.6 Å². The van der Waals surface area contributed by atoms with Gasteiger partial charge in [-0.25, -0.2) is 4.79 Å². The molecule has 9 N–H and O–H groups in total. The molecule has 194 valence electrons. The summed E-state index contributed by atoms with van der Waals surface area (Å²) in [7, 11) is 0. The number of hydrogen-bond acceptors (Lipinski definition) is 8. The van der Waals surface area contributed by atoms with Crippen molar-refractivity contribution in [1.29, 1.82) is 0 Å². The van der Waals surface area contributed by atoms with Crippen molar-refractivity contribution >= 4 is 42.3 Å². The number of nitrogens with two attached hydrogens (primary N) is 2. The molecule has 0 aromatic heterocycles. The van der Waals surface area contributed by atoms with Crippen molar-refractivity contribution in [2.75, 3.05) is 12.3 Å². The number of carboxylic acids is 2. The number of thiol groups is 1. The van der Waals surface area contributed by atoms with E-state index in [0.717, 1.165) is 0 Å². The Bertz CT molecular complexity index is 871. The van der Waals surface area contributed by atoms with E-state index in [0.29, 0.717) is 24.9 Å². The van der Waals surface area contributed by atoms with Crippen LogP contribution in [0.25, 0.3) is 0 Å². The summed E-state index contributed by atoms with van der Waals surface area (Å²) in [6, 6.07) is 3.82. The first-order valence-corrected chi connectivity index (χ1v) is 11.7. The first kappa shape index (κ1) is 29.9. The number of carbonyl (C=O) groups is 5. The van der Waals surface area contributed by atoms with Crippen molar-refractivity contribution < 1.29 is 34.2 Å². The second-order valence-electron chi connectivity index (χ2n) is 7.88. The van der Waals surface area contributed by atoms with Gasteiger partial charge in [-0.15, -0.1) is 0 Å². The molecule has 3 amide bonds. The molecule has 4 unspecified atom stereocenters. The van der Waals surface area contributed by atoms with Crippen LogP contribution in [0.1, 0.15) is 31.2 Å². The number of aliphatic carboxylic acids is 2. The standard InChI is InChI=1S/C22H33N5O7S/c23-9-5-4-8-15(25-19(30)14(24)11-18(28)29)20(31)27-17(12-35)21(32)26-16(22(33)34)10-13-6-2-1-3-7-13/h1-3,6-7,14-17,35H,4-5,8-12,23-24H2,(H,25,30)(H,26,32)(H,27,31)(H,28,29)(H,33,34). The van der Waals surface area contributed by atoms with Gasteiger partial charge in [-0.1, -0.05) is 30.3 Å². The third-order valence-electron chi connectivity index (χ3n) is 5.02. The molecule has 0 saturated carbocycles. The molecule has 4 atom stereocenters. The van der Waals surface area contributed by atoms with Gasteiger partial charge in [-0.05, 0) is 31.4 Å². The minimum absolute atomic E-state index is 0.0361. The van der Waals surface area contributed by atoms with Crippen molar-refractivity contribution in [2.24, 2.45) is 11.5 Å². The van der Waals surface area contributed by atoms with Crippen molar-refractivity contribution in [3.63, 3.8) is 0 Å². The van der Waals surface area contributed by atoms with E-state index in [-0.39, 0.29) is 18.6 Å². The number of carbonyl (C=O) groups excluding carboxylic acids is 3. The minimum Gasteiger partial charge on any atom is -0.481 e. The highest BCUT2D eigenvalue weighted by atomic mass is 32.1. The van der Waals surface area contributed by atoms with E-state index in [1.807, 2.05) is 0 Å². The summed E-state index contributed by atoms with van der Waals surface area (Å²) in [4.78, 5) is 60.3. The molecule has 13 heteroatoms. The van der Waals surface area contributed by atoms with Crippen LogP contribution >= 0.6 is 12.6 Å². The maximum Gasteiger partial charge on any atom is 0.326 e. The second-order valence-corrected chi connectivity index (χ2v) is 8.25. The maximum absolute atomic E-state index is 12.9. The molecule has 0 radical (unpaired) electrons. The SMILES string of the molecule is NCCCCC(NC(=O)C(N)CC(=O)O)C(=O)NC(CS)C(=O)NC(Cc1ccccc1)C(=O)O. The van der Waals surface area contributed by atoms with Crippen molar-refractivity contribution in [1.82, 2.24) is 16.0 Å². The van der Waals surface area contributed by atoms with Gasteiger partial charge in [0.05, 0.1) is 12.5 Å². The summed E-state index contributed by atoms with van der Waals surface area (Å²) in [6.07, 6.45) is 0.619. The monoisotopic (exact) mass is 511 g/mol. The van der Waals surface area contributed by atoms with Gasteiger partial charge in [0.2, 0.25) is 17.7 Å². The second kappa shape index (κ2) is 15.7. The zero-order chi connectivity index (χ0) is 26.4. The van der Waals surface area contributed by atoms with Crippen LogP contribution in [0.5, 0.6) is 0 Å². The molecule has 1 rings (SSSR count). The molecule has 35 heavy (non-hydrogen) atoms. The molecular formula is C22H33N5O7S. The average Bonchev–Trinajstić information content (AvgIpc) is 2.81. The average molecular weight is 512 g/mol. The summed E-state index contributed by atoms with van der Waals surface area (Å²) < 4.78 is 0. The third kappa shape index (κ3) is 11.2. The highest BCUT2D eigenvalue weighted by Crippen LogP contribution is 2.06. The van der Waals surface area contributed by atoms with E-state index in [2.05, 4.69) is 28.6 Å². The number of benzene rings is 1. The van der Waals surface area contributed by atoms with Crippen molar-refractivity contribution in [3.8, 4) is 0 Å². The van der Waals surface area contributed by atoms with E-state index < -0.39 is 60.2 Å². The fourth-order valence-electron chi connectivity index (χ4n) is 3.11. The predicted octanol–water partition coefficient (Wildman–Crippen LogP) is -1.37. The van der Waals surface area contributed by atoms with Crippen LogP contribution in [-0.2, 0) is 30.4 Å². The smallest absolute Gasteiger partial charge is 0.326 e. The number of hydrogen-bond donors (Lipinski definition) is 8. The van der Waals surface area contributed by atoms with E-state index in [1.165, 1.54) is 0 Å². The molecular weight excluding hydrogens is 478 g/mol. The van der Waals surface area contributed by atoms with Crippen LogP contribution in [0.15, 0.2) is 30.3 Å². The van der Waals surface area contributed by atoms with E-state index >= 15 is 0 Å². The van der Waals surface area contributed by atoms with Gasteiger partial charge in [-0.2, -0.15) is 12.6 Å². The van der Waals surface area contributed by atoms with Gasteiger partial charge in [0.25, 0.3) is 0 Å². The van der Waals surface area contributed by atoms with Gasteiger partial charge in [0.1, 0.15) is 18.1 Å². The fourth-order valence-corrected chi connectivity index (χ4v) is 3.37. The Labute approximate surface area is 208 Å². The topological polar surface area (TPSA) is 214 Å². The summed E-state index contributed by atoms with van der Waals surface area (Å²) in [5.41, 5.74) is 11.7. The molecule has 0 aliphatic carbocycles. The zero-order valence-corrected chi connectivity index (χ0v) is 20.1. The zero-order valence-electron chi connectivity index (χ0n) is 19.2. The Kier molecular flexibility index (Phi) is 13.4. The van der Waals surface area contributed by atoms with E-state index in [1.54, 1.807) is 30.3 Å². The molecule has 0 fully saturated rings. The Balaban J connectivity index is 2.86. The summed E-state index contributed by atoms with van der Waals surface area (Å²) in [6.45, 7) is 0.362. The quantitative estimate of drug-likeness (QED) is 0.0969. The van der Waals surface area contributed by atoms with Gasteiger partial charge < -0.3 is 37.6 Å². The van der Waals surface area contributed by atoms with Crippen LogP contribution in [0, 0.1) is 0 Å². The van der Waals surface area contributed by atoms with Crippen LogP contribution in [-0.4, -0.2) is 76.3 Å². The van der Waals surface area contributed by atoms with E-state index in [9.17, 15) is 29.1 Å². The van der Waals surface area contributed by atoms with Crippen molar-refractivity contribution in [3.05, 3.63) is 35.9 Å². The lowest BCUT2D eigenvalue weighted by Gasteiger charge is -2.24. The lowest BCUT2D eigenvalue weighted by atomic mass is 10.1. The van der Waals surface area contributed by atoms with Crippen LogP contribution < -0.4 is 27.4 Å². The first-order valence-electron chi connectivity index (χ1n) is 11.0. The highest BCUT2D eigenvalue weighted by molar-refractivity contribution is 7.80. The van der Waals surface area contributed by atoms with Crippen molar-refractivity contribution in [2.45, 2.75) is 56.3 Å². The van der Waals surface area contributed by atoms with Gasteiger partial charge in [-0.3, -0.25) is 19.2 Å². The number of nitrogens with one attached hydrogen (secondary N) is 3. The Hall–Kier alpha value is -3.16. The Morgan fingerprint density at radius 1 is 0.857 bits per heavy atom. The molecule has 0 bridgehead atoms. The van der Waals surface area contributed by atoms with Crippen LogP contribution in [0.3, 0.4) is 0 Å². The van der Waals surface area contributed by atoms with Crippen LogP contribution in [0.2, 0.25) is 0 Å². The number of carboxylic acid groups (broad SMARTS) is 2. The van der Waals surface area contributed by atoms with Gasteiger partial charge >= 0.3 is 11.9 Å². The van der Waals surface area contributed by atoms with Gasteiger partial charge in [0.15, 0.2) is 0 Å². The summed E-state index contributed by atoms with van der Waals surface area (Å²) >= 11 is 4.09. The molecule has 1 aromatic rings. The number of rotatable bonds is 16. The largest absolute Gasteiger partial charge is 0.481 e. The Morgan fingerprint density at radius 3 is 1.97 bits per heavy atom. The fraction of sp³-hybridized carbons (Fsp3) is 0.500. The predicted molar refractivity (Wildman–Crippen MR) is 131 cm³/mol. The lowest BCUT2D eigenvalue weighted by Crippen LogP contribution is -2.58. The first-order chi connectivity index (χ1) is 16.6. The normalized spacial score (nSPS) is 14.1. The molecule has 0 heterocycles. The molecule has 1 aromatic carbocycles. The Morgan fingerprint density at radius 2 is 1.43 bits per heavy atom. The van der Waals surface area contributed by atoms with Gasteiger partial charge in [0, 0.05) is 12.2 Å². The molecule has 0 aliphatic heterocycles. The highest BCUT2D eigenvalue weighted by Gasteiger charge is 2.30. The minimum atomic E-state index is -1.37. The maximum atomic E-state index is 12.9. The van der Waals surface area contributed by atoms with Crippen LogP contribution in [0.4, 0.5) is 0 Å². The molecule has 0 aliphatic rings. The third-order valence-corrected chi connectivity index (χ3v) is 5.39. The molecule has 12 nitrogen and oxygen atoms in total. The molecule has 0 spiro atoms.